The van der Waals surface area contributed by atoms with E-state index in [4.69, 9.17) is 4.74 Å². The molecule has 6 heteroatoms. The number of hydrogen-bond donors (Lipinski definition) is 1. The number of urea groups is 1. The molecule has 1 aromatic carbocycles. The molecule has 0 spiro atoms. The Balaban J connectivity index is 1.46. The highest BCUT2D eigenvalue weighted by molar-refractivity contribution is 5.88. The molecule has 2 heterocycles. The maximum atomic E-state index is 12.4. The Hall–Kier alpha value is -2.34. The topological polar surface area (TPSA) is 59.4 Å². The molecule has 0 unspecified atom stereocenters. The number of methoxy groups -OCH3 is 1. The smallest absolute Gasteiger partial charge is 0.323 e. The van der Waals surface area contributed by atoms with Gasteiger partial charge in [-0.3, -0.25) is 10.00 Å². The molecular weight excluding hydrogens is 316 g/mol. The summed E-state index contributed by atoms with van der Waals surface area (Å²) in [4.78, 5) is 14.3. The number of nitrogens with zero attached hydrogens (tertiary/aromatic N) is 3. The number of hydrogen-bond acceptors (Lipinski definition) is 3. The lowest BCUT2D eigenvalue weighted by atomic mass is 9.99. The maximum Gasteiger partial charge on any atom is 0.323 e. The number of carbonyl (C=O) groups excluding carboxylic acids is 1. The van der Waals surface area contributed by atoms with Crippen molar-refractivity contribution in [2.45, 2.75) is 25.8 Å². The van der Waals surface area contributed by atoms with Gasteiger partial charge in [0.15, 0.2) is 5.82 Å². The van der Waals surface area contributed by atoms with Crippen LogP contribution in [-0.4, -0.2) is 47.5 Å². The minimum Gasteiger partial charge on any atom is -0.385 e. The number of amides is 2. The molecule has 3 rings (SSSR count). The average Bonchev–Trinajstić information content (AvgIpc) is 3.26. The maximum absolute atomic E-state index is 12.4. The quantitative estimate of drug-likeness (QED) is 0.787. The normalized spacial score (nSPS) is 17.0. The molecule has 134 valence electrons. The fourth-order valence-corrected chi connectivity index (χ4v) is 3.24. The summed E-state index contributed by atoms with van der Waals surface area (Å²) in [7, 11) is 1.69. The molecule has 1 saturated heterocycles. The van der Waals surface area contributed by atoms with Crippen LogP contribution in [0.5, 0.6) is 0 Å². The van der Waals surface area contributed by atoms with E-state index in [1.54, 1.807) is 7.11 Å². The minimum atomic E-state index is -0.0577. The van der Waals surface area contributed by atoms with Gasteiger partial charge in [0.25, 0.3) is 0 Å². The molecule has 1 aliphatic rings. The van der Waals surface area contributed by atoms with E-state index in [0.717, 1.165) is 38.9 Å². The Bertz CT molecular complexity index is 671. The summed E-state index contributed by atoms with van der Waals surface area (Å²) < 4.78 is 6.87. The molecule has 25 heavy (non-hydrogen) atoms. The molecular formula is C19H26N4O2. The van der Waals surface area contributed by atoms with Crippen LogP contribution in [0.25, 0.3) is 0 Å². The molecule has 1 aromatic heterocycles. The van der Waals surface area contributed by atoms with Crippen molar-refractivity contribution in [3.8, 4) is 0 Å². The number of carbonyl (C=O) groups is 1. The molecule has 0 radical (unpaired) electrons. The minimum absolute atomic E-state index is 0.0577. The van der Waals surface area contributed by atoms with Crippen LogP contribution in [0.2, 0.25) is 0 Å². The number of aromatic nitrogens is 2. The van der Waals surface area contributed by atoms with Crippen molar-refractivity contribution in [1.29, 1.82) is 0 Å². The number of ether oxygens (including phenoxy) is 1. The standard InChI is InChI=1S/C19H26N4O2/c1-25-13-5-10-23-12-9-18(21-23)20-19(24)22-11-8-17(15-22)14-16-6-3-2-4-7-16/h2-4,6-7,9,12,17H,5,8,10-11,13-15H2,1H3,(H,20,21,24)/t17-/m0/s1. The van der Waals surface area contributed by atoms with Gasteiger partial charge in [-0.25, -0.2) is 4.79 Å². The van der Waals surface area contributed by atoms with Crippen molar-refractivity contribution in [2.24, 2.45) is 5.92 Å². The van der Waals surface area contributed by atoms with E-state index >= 15 is 0 Å². The van der Waals surface area contributed by atoms with Crippen molar-refractivity contribution in [1.82, 2.24) is 14.7 Å². The number of nitrogens with one attached hydrogen (secondary N) is 1. The van der Waals surface area contributed by atoms with Crippen LogP contribution in [0.15, 0.2) is 42.6 Å². The largest absolute Gasteiger partial charge is 0.385 e. The second-order valence-electron chi connectivity index (χ2n) is 6.53. The zero-order chi connectivity index (χ0) is 17.5. The van der Waals surface area contributed by atoms with Gasteiger partial charge < -0.3 is 9.64 Å². The summed E-state index contributed by atoms with van der Waals surface area (Å²) in [6.45, 7) is 3.10. The molecule has 2 aromatic rings. The predicted molar refractivity (Wildman–Crippen MR) is 97.6 cm³/mol. The van der Waals surface area contributed by atoms with Crippen molar-refractivity contribution in [3.05, 3.63) is 48.2 Å². The average molecular weight is 342 g/mol. The Labute approximate surface area is 148 Å². The van der Waals surface area contributed by atoms with Crippen LogP contribution >= 0.6 is 0 Å². The van der Waals surface area contributed by atoms with E-state index < -0.39 is 0 Å². The predicted octanol–water partition coefficient (Wildman–Crippen LogP) is 3.02. The highest BCUT2D eigenvalue weighted by Gasteiger charge is 2.26. The molecule has 2 amide bonds. The number of likely N-dealkylation sites (tertiary alicyclic amines) is 1. The fourth-order valence-electron chi connectivity index (χ4n) is 3.24. The molecule has 0 bridgehead atoms. The molecule has 1 fully saturated rings. The lowest BCUT2D eigenvalue weighted by molar-refractivity contribution is 0.189. The molecule has 0 saturated carbocycles. The number of anilines is 1. The van der Waals surface area contributed by atoms with Gasteiger partial charge in [0.05, 0.1) is 0 Å². The summed E-state index contributed by atoms with van der Waals surface area (Å²) in [5, 5.41) is 7.29. The van der Waals surface area contributed by atoms with Crippen LogP contribution in [0.3, 0.4) is 0 Å². The molecule has 6 nitrogen and oxygen atoms in total. The van der Waals surface area contributed by atoms with Gasteiger partial charge in [-0.15, -0.1) is 0 Å². The first-order valence-electron chi connectivity index (χ1n) is 8.87. The molecule has 1 atom stereocenters. The second kappa shape index (κ2) is 8.67. The molecule has 1 aliphatic heterocycles. The van der Waals surface area contributed by atoms with Gasteiger partial charge >= 0.3 is 6.03 Å². The Morgan fingerprint density at radius 2 is 2.16 bits per heavy atom. The van der Waals surface area contributed by atoms with Crippen molar-refractivity contribution < 1.29 is 9.53 Å². The van der Waals surface area contributed by atoms with E-state index in [1.165, 1.54) is 5.56 Å². The molecule has 0 aliphatic carbocycles. The van der Waals surface area contributed by atoms with Crippen LogP contribution in [0, 0.1) is 5.92 Å². The van der Waals surface area contributed by atoms with Crippen molar-refractivity contribution >= 4 is 11.8 Å². The van der Waals surface area contributed by atoms with Gasteiger partial charge in [0.2, 0.25) is 0 Å². The molecule has 1 N–H and O–H groups in total. The monoisotopic (exact) mass is 342 g/mol. The number of benzene rings is 1. The van der Waals surface area contributed by atoms with Gasteiger partial charge in [0.1, 0.15) is 0 Å². The summed E-state index contributed by atoms with van der Waals surface area (Å²) >= 11 is 0. The van der Waals surface area contributed by atoms with Crippen molar-refractivity contribution in [3.63, 3.8) is 0 Å². The van der Waals surface area contributed by atoms with E-state index in [2.05, 4.69) is 34.7 Å². The first-order chi connectivity index (χ1) is 12.2. The zero-order valence-electron chi connectivity index (χ0n) is 14.7. The third-order valence-electron chi connectivity index (χ3n) is 4.55. The van der Waals surface area contributed by atoms with Crippen molar-refractivity contribution in [2.75, 3.05) is 32.1 Å². The van der Waals surface area contributed by atoms with E-state index in [9.17, 15) is 4.79 Å². The van der Waals surface area contributed by atoms with Crippen LogP contribution in [0.4, 0.5) is 10.6 Å². The first-order valence-corrected chi connectivity index (χ1v) is 8.87. The summed E-state index contributed by atoms with van der Waals surface area (Å²) in [6.07, 6.45) is 4.86. The Morgan fingerprint density at radius 1 is 1.32 bits per heavy atom. The summed E-state index contributed by atoms with van der Waals surface area (Å²) in [5.41, 5.74) is 1.34. The van der Waals surface area contributed by atoms with E-state index in [-0.39, 0.29) is 6.03 Å². The third-order valence-corrected chi connectivity index (χ3v) is 4.55. The van der Waals surface area contributed by atoms with Crippen LogP contribution in [-0.2, 0) is 17.7 Å². The van der Waals surface area contributed by atoms with E-state index in [0.29, 0.717) is 18.3 Å². The highest BCUT2D eigenvalue weighted by atomic mass is 16.5. The third kappa shape index (κ3) is 5.06. The lowest BCUT2D eigenvalue weighted by Gasteiger charge is -2.16. The Kier molecular flexibility index (Phi) is 6.06. The Morgan fingerprint density at radius 3 is 2.96 bits per heavy atom. The van der Waals surface area contributed by atoms with Gasteiger partial charge in [-0.05, 0) is 30.7 Å². The van der Waals surface area contributed by atoms with Gasteiger partial charge in [-0.1, -0.05) is 30.3 Å². The highest BCUT2D eigenvalue weighted by Crippen LogP contribution is 2.21. The number of rotatable bonds is 7. The van der Waals surface area contributed by atoms with Gasteiger partial charge in [-0.2, -0.15) is 5.10 Å². The SMILES string of the molecule is COCCCn1ccc(NC(=O)N2CC[C@@H](Cc3ccccc3)C2)n1. The van der Waals surface area contributed by atoms with E-state index in [1.807, 2.05) is 27.9 Å². The fraction of sp³-hybridized carbons (Fsp3) is 0.474. The summed E-state index contributed by atoms with van der Waals surface area (Å²) in [6, 6.07) is 12.2. The van der Waals surface area contributed by atoms with Crippen LogP contribution < -0.4 is 5.32 Å². The van der Waals surface area contributed by atoms with Crippen LogP contribution in [0.1, 0.15) is 18.4 Å². The zero-order valence-corrected chi connectivity index (χ0v) is 14.7. The number of aryl methyl sites for hydroxylation is 1. The van der Waals surface area contributed by atoms with Gasteiger partial charge in [0, 0.05) is 45.6 Å². The summed E-state index contributed by atoms with van der Waals surface area (Å²) in [5.74, 6) is 1.13. The lowest BCUT2D eigenvalue weighted by Crippen LogP contribution is -2.33. The second-order valence-corrected chi connectivity index (χ2v) is 6.53. The first kappa shape index (κ1) is 17.5.